The lowest BCUT2D eigenvalue weighted by atomic mass is 10.1. The number of hydrogen-bond acceptors (Lipinski definition) is 5. The first-order valence-corrected chi connectivity index (χ1v) is 10.9. The SMILES string of the molecule is CCc1ccccc1NC(=O)CC1C(=O)NCCN1C(=O)CN1CCN(CC)CC1. The number of nitrogens with one attached hydrogen (secondary N) is 2. The quantitative estimate of drug-likeness (QED) is 0.679. The monoisotopic (exact) mass is 415 g/mol. The Morgan fingerprint density at radius 3 is 2.47 bits per heavy atom. The second-order valence-electron chi connectivity index (χ2n) is 7.87. The Morgan fingerprint density at radius 1 is 1.07 bits per heavy atom. The summed E-state index contributed by atoms with van der Waals surface area (Å²) in [5.74, 6) is -0.599. The fourth-order valence-electron chi connectivity index (χ4n) is 4.09. The molecule has 2 N–H and O–H groups in total. The highest BCUT2D eigenvalue weighted by molar-refractivity contribution is 5.98. The molecular formula is C22H33N5O3. The van der Waals surface area contributed by atoms with Gasteiger partial charge in [-0.25, -0.2) is 0 Å². The van der Waals surface area contributed by atoms with Crippen LogP contribution in [-0.4, -0.2) is 90.8 Å². The summed E-state index contributed by atoms with van der Waals surface area (Å²) >= 11 is 0. The second kappa shape index (κ2) is 10.5. The zero-order chi connectivity index (χ0) is 21.5. The van der Waals surface area contributed by atoms with Crippen LogP contribution in [0, 0.1) is 0 Å². The number of benzene rings is 1. The first-order valence-electron chi connectivity index (χ1n) is 10.9. The number of likely N-dealkylation sites (N-methyl/N-ethyl adjacent to an activating group) is 1. The minimum Gasteiger partial charge on any atom is -0.353 e. The first kappa shape index (κ1) is 22.2. The van der Waals surface area contributed by atoms with E-state index in [0.29, 0.717) is 19.6 Å². The maximum Gasteiger partial charge on any atom is 0.243 e. The molecule has 0 aromatic heterocycles. The summed E-state index contributed by atoms with van der Waals surface area (Å²) in [5.41, 5.74) is 1.80. The molecule has 0 aliphatic carbocycles. The van der Waals surface area contributed by atoms with E-state index in [1.54, 1.807) is 4.90 Å². The van der Waals surface area contributed by atoms with E-state index in [-0.39, 0.29) is 24.1 Å². The van der Waals surface area contributed by atoms with E-state index in [1.165, 1.54) is 0 Å². The van der Waals surface area contributed by atoms with Gasteiger partial charge in [-0.15, -0.1) is 0 Å². The van der Waals surface area contributed by atoms with Crippen LogP contribution in [0.4, 0.5) is 5.69 Å². The lowest BCUT2D eigenvalue weighted by Gasteiger charge is -2.38. The molecule has 2 aliphatic heterocycles. The number of para-hydroxylation sites is 1. The molecule has 0 radical (unpaired) electrons. The van der Waals surface area contributed by atoms with E-state index in [9.17, 15) is 14.4 Å². The summed E-state index contributed by atoms with van der Waals surface area (Å²) in [7, 11) is 0. The summed E-state index contributed by atoms with van der Waals surface area (Å²) in [5, 5.41) is 5.70. The fraction of sp³-hybridized carbons (Fsp3) is 0.591. The van der Waals surface area contributed by atoms with Crippen LogP contribution in [-0.2, 0) is 20.8 Å². The summed E-state index contributed by atoms with van der Waals surface area (Å²) in [6.45, 7) is 9.93. The minimum absolute atomic E-state index is 0.0424. The highest BCUT2D eigenvalue weighted by Gasteiger charge is 2.35. The number of carbonyl (C=O) groups excluding carboxylic acids is 3. The lowest BCUT2D eigenvalue weighted by molar-refractivity contribution is -0.145. The first-order chi connectivity index (χ1) is 14.5. The average Bonchev–Trinajstić information content (AvgIpc) is 2.76. The Bertz CT molecular complexity index is 761. The van der Waals surface area contributed by atoms with Crippen LogP contribution in [0.1, 0.15) is 25.8 Å². The topological polar surface area (TPSA) is 85.0 Å². The van der Waals surface area contributed by atoms with Crippen LogP contribution in [0.2, 0.25) is 0 Å². The van der Waals surface area contributed by atoms with Gasteiger partial charge >= 0.3 is 0 Å². The molecule has 1 aromatic carbocycles. The molecule has 2 aliphatic rings. The molecule has 2 fully saturated rings. The van der Waals surface area contributed by atoms with E-state index in [2.05, 4.69) is 27.4 Å². The van der Waals surface area contributed by atoms with E-state index < -0.39 is 6.04 Å². The third-order valence-corrected chi connectivity index (χ3v) is 5.97. The molecule has 3 rings (SSSR count). The fourth-order valence-corrected chi connectivity index (χ4v) is 4.09. The number of amides is 3. The molecule has 30 heavy (non-hydrogen) atoms. The molecule has 3 amide bonds. The van der Waals surface area contributed by atoms with Crippen LogP contribution in [0.25, 0.3) is 0 Å². The number of aryl methyl sites for hydroxylation is 1. The van der Waals surface area contributed by atoms with Gasteiger partial charge in [-0.05, 0) is 24.6 Å². The Kier molecular flexibility index (Phi) is 7.81. The van der Waals surface area contributed by atoms with Gasteiger partial charge in [-0.3, -0.25) is 19.3 Å². The van der Waals surface area contributed by atoms with E-state index in [1.807, 2.05) is 31.2 Å². The third-order valence-electron chi connectivity index (χ3n) is 5.97. The van der Waals surface area contributed by atoms with Crippen molar-refractivity contribution in [3.05, 3.63) is 29.8 Å². The highest BCUT2D eigenvalue weighted by Crippen LogP contribution is 2.17. The van der Waals surface area contributed by atoms with E-state index >= 15 is 0 Å². The van der Waals surface area contributed by atoms with Gasteiger partial charge in [0.15, 0.2) is 0 Å². The smallest absolute Gasteiger partial charge is 0.243 e. The van der Waals surface area contributed by atoms with Gasteiger partial charge in [-0.2, -0.15) is 0 Å². The molecule has 8 heteroatoms. The van der Waals surface area contributed by atoms with Crippen molar-refractivity contribution in [2.24, 2.45) is 0 Å². The number of piperazine rings is 2. The molecule has 1 atom stereocenters. The number of carbonyl (C=O) groups is 3. The molecule has 0 spiro atoms. The van der Waals surface area contributed by atoms with Gasteiger partial charge in [0, 0.05) is 45.0 Å². The second-order valence-corrected chi connectivity index (χ2v) is 7.87. The van der Waals surface area contributed by atoms with Crippen molar-refractivity contribution >= 4 is 23.4 Å². The van der Waals surface area contributed by atoms with Crippen LogP contribution in [0.3, 0.4) is 0 Å². The number of anilines is 1. The van der Waals surface area contributed by atoms with Crippen LogP contribution < -0.4 is 10.6 Å². The molecule has 2 saturated heterocycles. The summed E-state index contributed by atoms with van der Waals surface area (Å²) in [6, 6.07) is 6.87. The molecule has 2 heterocycles. The minimum atomic E-state index is -0.767. The Balaban J connectivity index is 1.60. The zero-order valence-electron chi connectivity index (χ0n) is 18.0. The van der Waals surface area contributed by atoms with Gasteiger partial charge in [0.2, 0.25) is 17.7 Å². The predicted molar refractivity (Wildman–Crippen MR) is 116 cm³/mol. The molecule has 164 valence electrons. The van der Waals surface area contributed by atoms with Crippen LogP contribution >= 0.6 is 0 Å². The van der Waals surface area contributed by atoms with Crippen LogP contribution in [0.5, 0.6) is 0 Å². The number of nitrogens with zero attached hydrogens (tertiary/aromatic N) is 3. The molecule has 1 unspecified atom stereocenters. The molecular weight excluding hydrogens is 382 g/mol. The van der Waals surface area contributed by atoms with E-state index in [4.69, 9.17) is 0 Å². The van der Waals surface area contributed by atoms with Crippen molar-refractivity contribution in [3.63, 3.8) is 0 Å². The maximum atomic E-state index is 13.0. The number of rotatable bonds is 7. The maximum absolute atomic E-state index is 13.0. The molecule has 1 aromatic rings. The standard InChI is InChI=1S/C22H33N5O3/c1-3-17-7-5-6-8-18(17)24-20(28)15-19-22(30)23-9-10-27(19)21(29)16-26-13-11-25(4-2)12-14-26/h5-8,19H,3-4,9-16H2,1-2H3,(H,23,30)(H,24,28). The summed E-state index contributed by atoms with van der Waals surface area (Å²) < 4.78 is 0. The normalized spacial score (nSPS) is 20.7. The largest absolute Gasteiger partial charge is 0.353 e. The Morgan fingerprint density at radius 2 is 1.77 bits per heavy atom. The van der Waals surface area contributed by atoms with Gasteiger partial charge < -0.3 is 20.4 Å². The van der Waals surface area contributed by atoms with Crippen molar-refractivity contribution in [1.82, 2.24) is 20.0 Å². The van der Waals surface area contributed by atoms with Crippen molar-refractivity contribution < 1.29 is 14.4 Å². The highest BCUT2D eigenvalue weighted by atomic mass is 16.2. The lowest BCUT2D eigenvalue weighted by Crippen LogP contribution is -2.60. The van der Waals surface area contributed by atoms with E-state index in [0.717, 1.165) is 50.4 Å². The van der Waals surface area contributed by atoms with Crippen molar-refractivity contribution in [1.29, 1.82) is 0 Å². The summed E-state index contributed by atoms with van der Waals surface area (Å²) in [6.07, 6.45) is 0.759. The molecule has 8 nitrogen and oxygen atoms in total. The molecule has 0 saturated carbocycles. The van der Waals surface area contributed by atoms with Gasteiger partial charge in [0.25, 0.3) is 0 Å². The number of hydrogen-bond donors (Lipinski definition) is 2. The zero-order valence-corrected chi connectivity index (χ0v) is 18.0. The predicted octanol–water partition coefficient (Wildman–Crippen LogP) is 0.542. The Hall–Kier alpha value is -2.45. The van der Waals surface area contributed by atoms with Crippen molar-refractivity contribution in [2.75, 3.05) is 57.7 Å². The third kappa shape index (κ3) is 5.58. The average molecular weight is 416 g/mol. The molecule has 0 bridgehead atoms. The van der Waals surface area contributed by atoms with Gasteiger partial charge in [-0.1, -0.05) is 32.0 Å². The van der Waals surface area contributed by atoms with Gasteiger partial charge in [0.1, 0.15) is 6.04 Å². The van der Waals surface area contributed by atoms with Gasteiger partial charge in [0.05, 0.1) is 13.0 Å². The summed E-state index contributed by atoms with van der Waals surface area (Å²) in [4.78, 5) is 44.2. The Labute approximate surface area is 178 Å². The van der Waals surface area contributed by atoms with Crippen molar-refractivity contribution in [3.8, 4) is 0 Å². The van der Waals surface area contributed by atoms with Crippen molar-refractivity contribution in [2.45, 2.75) is 32.7 Å². The van der Waals surface area contributed by atoms with Crippen LogP contribution in [0.15, 0.2) is 24.3 Å².